The van der Waals surface area contributed by atoms with Crippen LogP contribution < -0.4 is 4.57 Å². The van der Waals surface area contributed by atoms with E-state index in [2.05, 4.69) is 88.7 Å². The highest BCUT2D eigenvalue weighted by atomic mass is 15.1. The summed E-state index contributed by atoms with van der Waals surface area (Å²) < 4.78 is 2.61. The van der Waals surface area contributed by atoms with Gasteiger partial charge in [-0.25, -0.2) is 0 Å². The second-order valence-electron chi connectivity index (χ2n) is 10.3. The molecule has 0 aliphatic carbocycles. The van der Waals surface area contributed by atoms with Gasteiger partial charge in [0, 0.05) is 25.5 Å². The van der Waals surface area contributed by atoms with Crippen molar-refractivity contribution in [2.75, 3.05) is 0 Å². The van der Waals surface area contributed by atoms with Gasteiger partial charge in [0.15, 0.2) is 11.7 Å². The van der Waals surface area contributed by atoms with Gasteiger partial charge in [-0.1, -0.05) is 90.8 Å². The fraction of sp³-hybridized carbons (Fsp3) is 0.633. The topological polar surface area (TPSA) is 3.88 Å². The number of unbranched alkanes of at least 4 members (excludes halogenated alkanes) is 4. The Bertz CT molecular complexity index is 853. The quantitative estimate of drug-likeness (QED) is 0.254. The number of pyridine rings is 1. The van der Waals surface area contributed by atoms with Crippen molar-refractivity contribution in [2.24, 2.45) is 5.92 Å². The molecule has 0 fully saturated rings. The lowest BCUT2D eigenvalue weighted by atomic mass is 9.60. The predicted octanol–water partition coefficient (Wildman–Crippen LogP) is 8.38. The Balaban J connectivity index is 1.90. The first-order valence-corrected chi connectivity index (χ1v) is 13.1. The zero-order valence-corrected chi connectivity index (χ0v) is 21.1. The van der Waals surface area contributed by atoms with Gasteiger partial charge in [-0.05, 0) is 42.9 Å². The molecule has 31 heavy (non-hydrogen) atoms. The van der Waals surface area contributed by atoms with Gasteiger partial charge in [0.05, 0.1) is 11.0 Å². The first-order chi connectivity index (χ1) is 14.9. The summed E-state index contributed by atoms with van der Waals surface area (Å²) in [7, 11) is 0. The van der Waals surface area contributed by atoms with E-state index in [0.29, 0.717) is 0 Å². The Morgan fingerprint density at radius 3 is 2.29 bits per heavy atom. The molecule has 0 saturated carbocycles. The van der Waals surface area contributed by atoms with Crippen molar-refractivity contribution in [3.8, 4) is 11.3 Å². The minimum absolute atomic E-state index is 0.0907. The van der Waals surface area contributed by atoms with Gasteiger partial charge in [-0.3, -0.25) is 0 Å². The van der Waals surface area contributed by atoms with Gasteiger partial charge in [-0.2, -0.15) is 4.57 Å². The van der Waals surface area contributed by atoms with Crippen molar-refractivity contribution < 1.29 is 4.57 Å². The molecule has 0 amide bonds. The maximum absolute atomic E-state index is 2.61. The van der Waals surface area contributed by atoms with Crippen LogP contribution in [-0.2, 0) is 17.4 Å². The van der Waals surface area contributed by atoms with E-state index in [0.717, 1.165) is 18.8 Å². The molecule has 0 spiro atoms. The first-order valence-electron chi connectivity index (χ1n) is 13.1. The summed E-state index contributed by atoms with van der Waals surface area (Å²) >= 11 is 0. The number of hydrogen-bond acceptors (Lipinski definition) is 0. The van der Waals surface area contributed by atoms with Crippen LogP contribution in [-0.4, -0.2) is 0 Å². The molecule has 3 rings (SSSR count). The highest BCUT2D eigenvalue weighted by Gasteiger charge is 2.56. The van der Waals surface area contributed by atoms with Crippen LogP contribution in [0.3, 0.4) is 0 Å². The van der Waals surface area contributed by atoms with Crippen molar-refractivity contribution in [3.05, 3.63) is 53.7 Å². The summed E-state index contributed by atoms with van der Waals surface area (Å²) in [6.07, 6.45) is 15.5. The van der Waals surface area contributed by atoms with E-state index in [1.54, 1.807) is 0 Å². The van der Waals surface area contributed by atoms with Crippen molar-refractivity contribution >= 4 is 0 Å². The molecule has 0 N–H and O–H groups in total. The zero-order chi connectivity index (χ0) is 22.5. The molecule has 170 valence electrons. The molecule has 2 aromatic rings. The van der Waals surface area contributed by atoms with E-state index in [1.807, 2.05) is 0 Å². The van der Waals surface area contributed by atoms with Crippen molar-refractivity contribution in [3.63, 3.8) is 0 Å². The minimum atomic E-state index is 0.0907. The maximum Gasteiger partial charge on any atom is 0.213 e. The van der Waals surface area contributed by atoms with E-state index < -0.39 is 0 Å². The summed E-state index contributed by atoms with van der Waals surface area (Å²) in [5, 5.41) is 0. The lowest BCUT2D eigenvalue weighted by Gasteiger charge is -2.46. The molecule has 1 aromatic carbocycles. The molecule has 1 aliphatic rings. The van der Waals surface area contributed by atoms with Gasteiger partial charge in [-0.15, -0.1) is 0 Å². The van der Waals surface area contributed by atoms with E-state index in [9.17, 15) is 0 Å². The fourth-order valence-corrected chi connectivity index (χ4v) is 6.00. The van der Waals surface area contributed by atoms with E-state index in [4.69, 9.17) is 0 Å². The highest BCUT2D eigenvalue weighted by molar-refractivity contribution is 5.65. The Kier molecular flexibility index (Phi) is 8.00. The number of hydrogen-bond donors (Lipinski definition) is 0. The smallest absolute Gasteiger partial charge is 0.192 e. The Morgan fingerprint density at radius 2 is 1.61 bits per heavy atom. The Labute approximate surface area is 192 Å². The standard InChI is InChI=1S/C30H46N/c1-7-11-12-13-14-17-24(8-2)22-25-20-21-31-28(23-25)26-18-15-16-19-27(26)29(5,9-3)30(31,6)10-4/h15-16,18-21,23-24H,7-14,17,22H2,1-6H3/q+1. The highest BCUT2D eigenvalue weighted by Crippen LogP contribution is 2.49. The predicted molar refractivity (Wildman–Crippen MR) is 135 cm³/mol. The largest absolute Gasteiger partial charge is 0.213 e. The molecule has 1 heteroatoms. The maximum atomic E-state index is 2.61. The summed E-state index contributed by atoms with van der Waals surface area (Å²) in [6, 6.07) is 14.1. The Hall–Kier alpha value is -1.63. The first kappa shape index (κ1) is 24.0. The normalized spacial score (nSPS) is 23.3. The van der Waals surface area contributed by atoms with Crippen LogP contribution in [0.5, 0.6) is 0 Å². The van der Waals surface area contributed by atoms with Crippen LogP contribution in [0.15, 0.2) is 42.6 Å². The molecule has 1 aliphatic heterocycles. The molecule has 0 radical (unpaired) electrons. The average Bonchev–Trinajstić information content (AvgIpc) is 2.81. The van der Waals surface area contributed by atoms with Crippen LogP contribution in [0.1, 0.15) is 110 Å². The van der Waals surface area contributed by atoms with Crippen molar-refractivity contribution in [1.29, 1.82) is 0 Å². The van der Waals surface area contributed by atoms with E-state index in [1.165, 1.54) is 73.8 Å². The monoisotopic (exact) mass is 420 g/mol. The Morgan fingerprint density at radius 1 is 0.871 bits per heavy atom. The third-order valence-corrected chi connectivity index (χ3v) is 8.75. The molecule has 3 atom stereocenters. The average molecular weight is 421 g/mol. The molecule has 0 saturated heterocycles. The van der Waals surface area contributed by atoms with E-state index >= 15 is 0 Å². The zero-order valence-electron chi connectivity index (χ0n) is 21.1. The third-order valence-electron chi connectivity index (χ3n) is 8.75. The van der Waals surface area contributed by atoms with Gasteiger partial charge in [0.1, 0.15) is 0 Å². The van der Waals surface area contributed by atoms with Gasteiger partial charge < -0.3 is 0 Å². The molecule has 0 bridgehead atoms. The molecule has 3 unspecified atom stereocenters. The number of fused-ring (bicyclic) bond motifs is 3. The van der Waals surface area contributed by atoms with Crippen molar-refractivity contribution in [2.45, 2.75) is 117 Å². The second-order valence-corrected chi connectivity index (χ2v) is 10.3. The van der Waals surface area contributed by atoms with Gasteiger partial charge in [0.25, 0.3) is 0 Å². The van der Waals surface area contributed by atoms with Crippen LogP contribution >= 0.6 is 0 Å². The van der Waals surface area contributed by atoms with Crippen LogP contribution in [0, 0.1) is 5.92 Å². The molecular weight excluding hydrogens is 374 g/mol. The summed E-state index contributed by atoms with van der Waals surface area (Å²) in [4.78, 5) is 0. The van der Waals surface area contributed by atoms with Crippen molar-refractivity contribution in [1.82, 2.24) is 0 Å². The number of aromatic nitrogens is 1. The SMILES string of the molecule is CCCCCCCC(CC)Cc1cc[n+]2c(c1)-c1ccccc1C(C)(CC)C2(C)CC. The summed E-state index contributed by atoms with van der Waals surface area (Å²) in [6.45, 7) is 14.3. The molecular formula is C30H46N+. The van der Waals surface area contributed by atoms with Gasteiger partial charge >= 0.3 is 0 Å². The number of benzene rings is 1. The number of nitrogens with zero attached hydrogens (tertiary/aromatic N) is 1. The number of rotatable bonds is 11. The lowest BCUT2D eigenvalue weighted by molar-refractivity contribution is -0.765. The van der Waals surface area contributed by atoms with Crippen LogP contribution in [0.4, 0.5) is 0 Å². The molecule has 2 heterocycles. The van der Waals surface area contributed by atoms with E-state index in [-0.39, 0.29) is 11.0 Å². The molecule has 1 nitrogen and oxygen atoms in total. The second kappa shape index (κ2) is 10.3. The molecule has 1 aromatic heterocycles. The van der Waals surface area contributed by atoms with Crippen LogP contribution in [0.2, 0.25) is 0 Å². The fourth-order valence-electron chi connectivity index (χ4n) is 6.00. The lowest BCUT2D eigenvalue weighted by Crippen LogP contribution is -2.67. The summed E-state index contributed by atoms with van der Waals surface area (Å²) in [5.41, 5.74) is 6.13. The third kappa shape index (κ3) is 4.48. The minimum Gasteiger partial charge on any atom is -0.192 e. The van der Waals surface area contributed by atoms with Crippen LogP contribution in [0.25, 0.3) is 11.3 Å². The summed E-state index contributed by atoms with van der Waals surface area (Å²) in [5.74, 6) is 0.807. The van der Waals surface area contributed by atoms with Gasteiger partial charge in [0.2, 0.25) is 5.69 Å².